The van der Waals surface area contributed by atoms with E-state index in [9.17, 15) is 19.1 Å². The van der Waals surface area contributed by atoms with Gasteiger partial charge in [-0.1, -0.05) is 23.7 Å². The maximum Gasteiger partial charge on any atom is 0.278 e. The molecule has 4 aromatic rings. The number of rotatable bonds is 4. The topological polar surface area (TPSA) is 65.8 Å². The fourth-order valence-electron chi connectivity index (χ4n) is 3.86. The van der Waals surface area contributed by atoms with Crippen LogP contribution in [0.3, 0.4) is 0 Å². The van der Waals surface area contributed by atoms with Gasteiger partial charge < -0.3 is 10.0 Å². The van der Waals surface area contributed by atoms with Crippen LogP contribution in [0.25, 0.3) is 10.1 Å². The number of carbonyl (C=O) groups excluding carboxylic acids is 1. The molecular weight excluding hydrogens is 453 g/mol. The Balaban J connectivity index is 1.55. The van der Waals surface area contributed by atoms with Crippen molar-refractivity contribution in [1.82, 2.24) is 9.58 Å². The Hall–Kier alpha value is -3.36. The summed E-state index contributed by atoms with van der Waals surface area (Å²) < 4.78 is 15.9. The number of fused-ring (bicyclic) bond motifs is 2. The highest BCUT2D eigenvalue weighted by atomic mass is 35.5. The minimum atomic E-state index is -0.624. The molecule has 1 aliphatic rings. The molecule has 0 radical (unpaired) electrons. The third-order valence-corrected chi connectivity index (χ3v) is 6.69. The molecule has 9 heteroatoms. The second-order valence-electron chi connectivity index (χ2n) is 7.56. The molecule has 2 aromatic carbocycles. The highest BCUT2D eigenvalue weighted by Crippen LogP contribution is 2.30. The van der Waals surface area contributed by atoms with Gasteiger partial charge in [-0.3, -0.25) is 19.3 Å². The summed E-state index contributed by atoms with van der Waals surface area (Å²) in [4.78, 5) is 26.7. The molecule has 3 heterocycles. The minimum Gasteiger partial charge on any atom is -0.502 e. The van der Waals surface area contributed by atoms with Crippen molar-refractivity contribution in [3.63, 3.8) is 0 Å². The van der Waals surface area contributed by atoms with Crippen LogP contribution in [0.1, 0.15) is 21.6 Å². The Kier molecular flexibility index (Phi) is 5.11. The number of nitrogens with zero attached hydrogens (tertiary/aromatic N) is 3. The third kappa shape index (κ3) is 3.61. The molecule has 0 unspecified atom stereocenters. The lowest BCUT2D eigenvalue weighted by molar-refractivity contribution is 0.0671. The van der Waals surface area contributed by atoms with E-state index in [2.05, 4.69) is 0 Å². The number of pyridine rings is 1. The van der Waals surface area contributed by atoms with Gasteiger partial charge in [-0.2, -0.15) is 0 Å². The first kappa shape index (κ1) is 20.5. The number of benzene rings is 2. The van der Waals surface area contributed by atoms with Crippen LogP contribution in [-0.4, -0.2) is 27.3 Å². The molecule has 6 nitrogen and oxygen atoms in total. The zero-order valence-corrected chi connectivity index (χ0v) is 18.2. The predicted molar refractivity (Wildman–Crippen MR) is 122 cm³/mol. The summed E-state index contributed by atoms with van der Waals surface area (Å²) in [5.41, 5.74) is 1.02. The highest BCUT2D eigenvalue weighted by Gasteiger charge is 2.32. The number of amides is 1. The van der Waals surface area contributed by atoms with Crippen molar-refractivity contribution in [3.8, 4) is 5.75 Å². The molecule has 0 aliphatic carbocycles. The van der Waals surface area contributed by atoms with Crippen molar-refractivity contribution in [2.45, 2.75) is 13.1 Å². The Bertz CT molecular complexity index is 1400. The van der Waals surface area contributed by atoms with Crippen LogP contribution in [0.15, 0.2) is 64.9 Å². The molecule has 1 amide bonds. The van der Waals surface area contributed by atoms with E-state index in [1.165, 1.54) is 34.0 Å². The molecule has 5 rings (SSSR count). The Labute approximate surface area is 191 Å². The van der Waals surface area contributed by atoms with Gasteiger partial charge in [0.25, 0.3) is 5.91 Å². The molecule has 0 bridgehead atoms. The van der Waals surface area contributed by atoms with Crippen LogP contribution in [-0.2, 0) is 13.1 Å². The number of hydrogen-bond acceptors (Lipinski definition) is 5. The first-order chi connectivity index (χ1) is 15.4. The second-order valence-corrected chi connectivity index (χ2v) is 8.91. The van der Waals surface area contributed by atoms with Crippen LogP contribution in [0.2, 0.25) is 5.02 Å². The smallest absolute Gasteiger partial charge is 0.278 e. The zero-order valence-electron chi connectivity index (χ0n) is 16.7. The van der Waals surface area contributed by atoms with Crippen molar-refractivity contribution in [2.24, 2.45) is 0 Å². The molecule has 32 heavy (non-hydrogen) atoms. The summed E-state index contributed by atoms with van der Waals surface area (Å²) in [6.07, 6.45) is 1.49. The average molecular weight is 470 g/mol. The van der Waals surface area contributed by atoms with Crippen LogP contribution >= 0.6 is 22.9 Å². The van der Waals surface area contributed by atoms with E-state index in [1.807, 2.05) is 28.6 Å². The van der Waals surface area contributed by atoms with Gasteiger partial charge in [-0.05, 0) is 52.2 Å². The number of carbonyl (C=O) groups is 1. The van der Waals surface area contributed by atoms with Crippen LogP contribution in [0.4, 0.5) is 4.39 Å². The molecule has 0 spiro atoms. The van der Waals surface area contributed by atoms with Gasteiger partial charge in [0.05, 0.1) is 6.54 Å². The van der Waals surface area contributed by atoms with Gasteiger partial charge in [0.2, 0.25) is 5.43 Å². The molecule has 1 aliphatic heterocycles. The monoisotopic (exact) mass is 469 g/mol. The molecule has 0 saturated heterocycles. The lowest BCUT2D eigenvalue weighted by atomic mass is 10.1. The Morgan fingerprint density at radius 1 is 1.06 bits per heavy atom. The molecule has 0 fully saturated rings. The van der Waals surface area contributed by atoms with Gasteiger partial charge in [-0.25, -0.2) is 4.39 Å². The lowest BCUT2D eigenvalue weighted by Gasteiger charge is -2.39. The number of halogens is 2. The first-order valence-electron chi connectivity index (χ1n) is 9.80. The van der Waals surface area contributed by atoms with Crippen molar-refractivity contribution in [2.75, 3.05) is 11.7 Å². The van der Waals surface area contributed by atoms with Crippen molar-refractivity contribution < 1.29 is 14.3 Å². The maximum atomic E-state index is 13.3. The fraction of sp³-hybridized carbons (Fsp3) is 0.130. The van der Waals surface area contributed by atoms with Crippen molar-refractivity contribution in [3.05, 3.63) is 98.0 Å². The Morgan fingerprint density at radius 2 is 1.84 bits per heavy atom. The highest BCUT2D eigenvalue weighted by molar-refractivity contribution is 7.17. The number of hydrogen-bond donors (Lipinski definition) is 1. The summed E-state index contributed by atoms with van der Waals surface area (Å²) in [5, 5.41) is 15.9. The predicted octanol–water partition coefficient (Wildman–Crippen LogP) is 4.31. The van der Waals surface area contributed by atoms with E-state index >= 15 is 0 Å². The molecule has 2 aromatic heterocycles. The number of thiophene rings is 1. The largest absolute Gasteiger partial charge is 0.502 e. The molecule has 162 valence electrons. The third-order valence-electron chi connectivity index (χ3n) is 5.44. The lowest BCUT2D eigenvalue weighted by Crippen LogP contribution is -2.53. The Morgan fingerprint density at radius 3 is 2.62 bits per heavy atom. The van der Waals surface area contributed by atoms with Crippen molar-refractivity contribution in [1.29, 1.82) is 0 Å². The summed E-state index contributed by atoms with van der Waals surface area (Å²) >= 11 is 7.79. The zero-order chi connectivity index (χ0) is 22.4. The summed E-state index contributed by atoms with van der Waals surface area (Å²) in [6.45, 7) is 0.834. The second kappa shape index (κ2) is 7.96. The summed E-state index contributed by atoms with van der Waals surface area (Å²) in [5.74, 6) is -1.43. The van der Waals surface area contributed by atoms with Gasteiger partial charge in [-0.15, -0.1) is 11.3 Å². The van der Waals surface area contributed by atoms with E-state index in [0.717, 1.165) is 21.2 Å². The number of aromatic nitrogens is 1. The molecule has 0 atom stereocenters. The standard InChI is InChI=1S/C23H17ClFN3O3S/c24-16-3-6-20-18(9-16)15(12-32-20)11-27-13-26(10-14-1-4-17(25)5-2-14)23(31)21-22(30)19(29)7-8-28(21)27/h1-9,12,30H,10-11,13H2. The SMILES string of the molecule is O=C1c2c(O)c(=O)ccn2N(Cc2csc3ccc(Cl)cc23)CN1Cc1ccc(F)cc1. The first-order valence-corrected chi connectivity index (χ1v) is 11.1. The minimum absolute atomic E-state index is 0.0940. The molecule has 0 saturated carbocycles. The van der Waals surface area contributed by atoms with Gasteiger partial charge >= 0.3 is 0 Å². The molecular formula is C23H17ClFN3O3S. The average Bonchev–Trinajstić information content (AvgIpc) is 3.16. The van der Waals surface area contributed by atoms with E-state index in [4.69, 9.17) is 11.6 Å². The van der Waals surface area contributed by atoms with Crippen molar-refractivity contribution >= 4 is 38.9 Å². The van der Waals surface area contributed by atoms with E-state index in [1.54, 1.807) is 23.5 Å². The molecule has 1 N–H and O–H groups in total. The number of aromatic hydroxyl groups is 1. The summed E-state index contributed by atoms with van der Waals surface area (Å²) in [7, 11) is 0. The van der Waals surface area contributed by atoms with Gasteiger partial charge in [0.15, 0.2) is 11.4 Å². The maximum absolute atomic E-state index is 13.3. The fourth-order valence-corrected chi connectivity index (χ4v) is 4.97. The van der Waals surface area contributed by atoms with Crippen LogP contribution in [0, 0.1) is 5.82 Å². The quantitative estimate of drug-likeness (QED) is 0.483. The summed E-state index contributed by atoms with van der Waals surface area (Å²) in [6, 6.07) is 12.8. The van der Waals surface area contributed by atoms with E-state index < -0.39 is 17.1 Å². The van der Waals surface area contributed by atoms with Crippen LogP contribution < -0.4 is 10.4 Å². The van der Waals surface area contributed by atoms with Crippen LogP contribution in [0.5, 0.6) is 5.75 Å². The normalized spacial score (nSPS) is 13.6. The van der Waals surface area contributed by atoms with E-state index in [-0.39, 0.29) is 24.7 Å². The van der Waals surface area contributed by atoms with E-state index in [0.29, 0.717) is 11.6 Å². The van der Waals surface area contributed by atoms with Gasteiger partial charge in [0, 0.05) is 28.5 Å². The van der Waals surface area contributed by atoms with Gasteiger partial charge in [0.1, 0.15) is 12.5 Å².